The molecule has 0 spiro atoms. The van der Waals surface area contributed by atoms with Crippen molar-refractivity contribution in [1.29, 1.82) is 0 Å². The van der Waals surface area contributed by atoms with Crippen LogP contribution in [-0.2, 0) is 11.3 Å². The molecule has 0 saturated carbocycles. The van der Waals surface area contributed by atoms with Crippen LogP contribution in [0, 0.1) is 0 Å². The molecule has 0 unspecified atom stereocenters. The summed E-state index contributed by atoms with van der Waals surface area (Å²) in [7, 11) is 0. The van der Waals surface area contributed by atoms with E-state index < -0.39 is 0 Å². The minimum atomic E-state index is -0.191. The molecule has 0 saturated heterocycles. The monoisotopic (exact) mass is 380 g/mol. The number of thioether (sulfide) groups is 1. The third-order valence-corrected chi connectivity index (χ3v) is 4.44. The molecule has 27 heavy (non-hydrogen) atoms. The summed E-state index contributed by atoms with van der Waals surface area (Å²) in [5, 5.41) is 6.86. The average molecular weight is 380 g/mol. The van der Waals surface area contributed by atoms with Gasteiger partial charge in [-0.2, -0.15) is 5.10 Å². The topological polar surface area (TPSA) is 69.0 Å². The van der Waals surface area contributed by atoms with Gasteiger partial charge in [-0.1, -0.05) is 18.2 Å². The highest BCUT2D eigenvalue weighted by atomic mass is 32.2. The van der Waals surface area contributed by atoms with Gasteiger partial charge in [-0.05, 0) is 42.2 Å². The lowest BCUT2D eigenvalue weighted by molar-refractivity contribution is -0.111. The number of benzene rings is 2. The van der Waals surface area contributed by atoms with Crippen LogP contribution in [0.15, 0.2) is 72.2 Å². The Balaban J connectivity index is 1.51. The molecule has 0 aliphatic heterocycles. The molecule has 1 aromatic heterocycles. The van der Waals surface area contributed by atoms with Gasteiger partial charge in [-0.3, -0.25) is 4.79 Å². The molecule has 138 valence electrons. The van der Waals surface area contributed by atoms with Crippen LogP contribution in [0.3, 0.4) is 0 Å². The van der Waals surface area contributed by atoms with Gasteiger partial charge in [-0.15, -0.1) is 11.8 Å². The number of nitrogens with zero attached hydrogens (tertiary/aromatic N) is 3. The second-order valence-electron chi connectivity index (χ2n) is 5.63. The van der Waals surface area contributed by atoms with Crippen molar-refractivity contribution < 1.29 is 9.53 Å². The number of hydrogen-bond acceptors (Lipinski definition) is 5. The van der Waals surface area contributed by atoms with E-state index in [0.29, 0.717) is 24.6 Å². The van der Waals surface area contributed by atoms with E-state index >= 15 is 0 Å². The quantitative estimate of drug-likeness (QED) is 0.476. The van der Waals surface area contributed by atoms with Crippen LogP contribution in [0.4, 0.5) is 5.69 Å². The SMILES string of the molecule is CSc1ccc(/C=C/C(=O)Nc2cccc(OCCn3cncn3)c2)cc1. The normalized spacial score (nSPS) is 10.9. The van der Waals surface area contributed by atoms with Crippen LogP contribution in [0.25, 0.3) is 6.08 Å². The molecule has 3 rings (SSSR count). The molecule has 6 nitrogen and oxygen atoms in total. The van der Waals surface area contributed by atoms with Gasteiger partial charge in [0.15, 0.2) is 0 Å². The van der Waals surface area contributed by atoms with E-state index in [2.05, 4.69) is 15.4 Å². The molecule has 1 N–H and O–H groups in total. The number of carbonyl (C=O) groups excluding carboxylic acids is 1. The van der Waals surface area contributed by atoms with Crippen molar-refractivity contribution in [3.05, 3.63) is 72.8 Å². The van der Waals surface area contributed by atoms with Crippen molar-refractivity contribution in [3.63, 3.8) is 0 Å². The summed E-state index contributed by atoms with van der Waals surface area (Å²) in [6.45, 7) is 1.07. The molecule has 0 aliphatic carbocycles. The Morgan fingerprint density at radius 2 is 2.11 bits per heavy atom. The van der Waals surface area contributed by atoms with E-state index in [4.69, 9.17) is 4.74 Å². The summed E-state index contributed by atoms with van der Waals surface area (Å²) in [5.41, 5.74) is 1.66. The molecule has 2 aromatic carbocycles. The molecule has 1 heterocycles. The fraction of sp³-hybridized carbons (Fsp3) is 0.150. The molecule has 0 fully saturated rings. The predicted octanol–water partition coefficient (Wildman–Crippen LogP) is 3.73. The largest absolute Gasteiger partial charge is 0.492 e. The van der Waals surface area contributed by atoms with Crippen LogP contribution < -0.4 is 10.1 Å². The van der Waals surface area contributed by atoms with Crippen LogP contribution in [-0.4, -0.2) is 33.5 Å². The highest BCUT2D eigenvalue weighted by Crippen LogP contribution is 2.18. The van der Waals surface area contributed by atoms with Gasteiger partial charge in [0.1, 0.15) is 25.0 Å². The number of amides is 1. The summed E-state index contributed by atoms with van der Waals surface area (Å²) in [4.78, 5) is 17.2. The van der Waals surface area contributed by atoms with E-state index in [0.717, 1.165) is 5.56 Å². The average Bonchev–Trinajstić information content (AvgIpc) is 3.21. The number of carbonyl (C=O) groups is 1. The molecular weight excluding hydrogens is 360 g/mol. The number of anilines is 1. The molecule has 0 atom stereocenters. The van der Waals surface area contributed by atoms with Crippen molar-refractivity contribution >= 4 is 29.4 Å². The minimum Gasteiger partial charge on any atom is -0.492 e. The Morgan fingerprint density at radius 1 is 1.26 bits per heavy atom. The maximum Gasteiger partial charge on any atom is 0.248 e. The van der Waals surface area contributed by atoms with Gasteiger partial charge in [0.2, 0.25) is 5.91 Å². The zero-order valence-electron chi connectivity index (χ0n) is 14.9. The minimum absolute atomic E-state index is 0.191. The molecular formula is C20H20N4O2S. The fourth-order valence-electron chi connectivity index (χ4n) is 2.34. The standard InChI is InChI=1S/C20H20N4O2S/c1-27-19-8-5-16(6-9-19)7-10-20(25)23-17-3-2-4-18(13-17)26-12-11-24-15-21-14-22-24/h2-10,13-15H,11-12H2,1H3,(H,23,25)/b10-7+. The molecule has 1 amide bonds. The first-order chi connectivity index (χ1) is 13.2. The lowest BCUT2D eigenvalue weighted by Gasteiger charge is -2.08. The van der Waals surface area contributed by atoms with Crippen LogP contribution in [0.1, 0.15) is 5.56 Å². The highest BCUT2D eigenvalue weighted by Gasteiger charge is 2.01. The summed E-state index contributed by atoms with van der Waals surface area (Å²) in [6, 6.07) is 15.3. The first-order valence-corrected chi connectivity index (χ1v) is 9.64. The summed E-state index contributed by atoms with van der Waals surface area (Å²) < 4.78 is 7.39. The Labute approximate surface area is 162 Å². The van der Waals surface area contributed by atoms with E-state index in [1.807, 2.05) is 48.7 Å². The lowest BCUT2D eigenvalue weighted by atomic mass is 10.2. The van der Waals surface area contributed by atoms with E-state index in [1.54, 1.807) is 34.9 Å². The van der Waals surface area contributed by atoms with Crippen molar-refractivity contribution in [2.75, 3.05) is 18.2 Å². The van der Waals surface area contributed by atoms with Crippen molar-refractivity contribution in [2.45, 2.75) is 11.4 Å². The number of nitrogens with one attached hydrogen (secondary N) is 1. The van der Waals surface area contributed by atoms with E-state index in [-0.39, 0.29) is 5.91 Å². The van der Waals surface area contributed by atoms with Crippen molar-refractivity contribution in [1.82, 2.24) is 14.8 Å². The summed E-state index contributed by atoms with van der Waals surface area (Å²) in [6.07, 6.45) is 8.47. The molecule has 7 heteroatoms. The zero-order chi connectivity index (χ0) is 18.9. The predicted molar refractivity (Wildman–Crippen MR) is 108 cm³/mol. The Bertz CT molecular complexity index is 893. The van der Waals surface area contributed by atoms with Gasteiger partial charge >= 0.3 is 0 Å². The van der Waals surface area contributed by atoms with Crippen LogP contribution in [0.5, 0.6) is 5.75 Å². The number of ether oxygens (including phenoxy) is 1. The number of aromatic nitrogens is 3. The maximum absolute atomic E-state index is 12.1. The Hall–Kier alpha value is -3.06. The molecule has 3 aromatic rings. The highest BCUT2D eigenvalue weighted by molar-refractivity contribution is 7.98. The first-order valence-electron chi connectivity index (χ1n) is 8.41. The van der Waals surface area contributed by atoms with Crippen molar-refractivity contribution in [3.8, 4) is 5.75 Å². The number of rotatable bonds is 8. The molecule has 0 radical (unpaired) electrons. The van der Waals surface area contributed by atoms with Gasteiger partial charge < -0.3 is 10.1 Å². The Kier molecular flexibility index (Phi) is 6.65. The third-order valence-electron chi connectivity index (χ3n) is 3.70. The fourth-order valence-corrected chi connectivity index (χ4v) is 2.75. The van der Waals surface area contributed by atoms with E-state index in [1.165, 1.54) is 17.3 Å². The van der Waals surface area contributed by atoms with Gasteiger partial charge in [0, 0.05) is 22.7 Å². The second-order valence-corrected chi connectivity index (χ2v) is 6.51. The molecule has 0 aliphatic rings. The summed E-state index contributed by atoms with van der Waals surface area (Å²) >= 11 is 1.69. The van der Waals surface area contributed by atoms with Crippen LogP contribution >= 0.6 is 11.8 Å². The zero-order valence-corrected chi connectivity index (χ0v) is 15.7. The maximum atomic E-state index is 12.1. The van der Waals surface area contributed by atoms with Gasteiger partial charge in [-0.25, -0.2) is 9.67 Å². The van der Waals surface area contributed by atoms with Crippen LogP contribution in [0.2, 0.25) is 0 Å². The smallest absolute Gasteiger partial charge is 0.248 e. The van der Waals surface area contributed by atoms with E-state index in [9.17, 15) is 4.79 Å². The summed E-state index contributed by atoms with van der Waals surface area (Å²) in [5.74, 6) is 0.494. The van der Waals surface area contributed by atoms with Crippen molar-refractivity contribution in [2.24, 2.45) is 0 Å². The molecule has 0 bridgehead atoms. The second kappa shape index (κ2) is 9.59. The lowest BCUT2D eigenvalue weighted by Crippen LogP contribution is -2.10. The van der Waals surface area contributed by atoms with Gasteiger partial charge in [0.05, 0.1) is 6.54 Å². The third kappa shape index (κ3) is 6.00. The van der Waals surface area contributed by atoms with Gasteiger partial charge in [0.25, 0.3) is 0 Å². The first kappa shape index (κ1) is 18.7. The number of hydrogen-bond donors (Lipinski definition) is 1. The Morgan fingerprint density at radius 3 is 2.85 bits per heavy atom.